The van der Waals surface area contributed by atoms with E-state index in [0.29, 0.717) is 26.4 Å². The molecule has 0 spiro atoms. The molecule has 0 aliphatic carbocycles. The maximum absolute atomic E-state index is 5.70. The zero-order valence-corrected chi connectivity index (χ0v) is 16.6. The van der Waals surface area contributed by atoms with Gasteiger partial charge in [0, 0.05) is 0 Å². The average Bonchev–Trinajstić information content (AvgIpc) is 2.61. The Labute approximate surface area is 155 Å². The van der Waals surface area contributed by atoms with Crippen molar-refractivity contribution in [3.8, 4) is 5.75 Å². The third-order valence-corrected chi connectivity index (χ3v) is 4.17. The van der Waals surface area contributed by atoms with Gasteiger partial charge in [0.15, 0.2) is 0 Å². The zero-order valence-electron chi connectivity index (χ0n) is 16.6. The van der Waals surface area contributed by atoms with Crippen molar-refractivity contribution in [3.63, 3.8) is 0 Å². The number of ether oxygens (including phenoxy) is 3. The summed E-state index contributed by atoms with van der Waals surface area (Å²) in [6.45, 7) is 8.77. The highest BCUT2D eigenvalue weighted by Gasteiger charge is 1.98. The Kier molecular flexibility index (Phi) is 13.4. The predicted octanol–water partition coefficient (Wildman–Crippen LogP) is 5.80. The van der Waals surface area contributed by atoms with Crippen LogP contribution in [0.4, 0.5) is 0 Å². The van der Waals surface area contributed by atoms with Crippen molar-refractivity contribution in [2.75, 3.05) is 26.4 Å². The normalized spacial score (nSPS) is 11.2. The van der Waals surface area contributed by atoms with Crippen molar-refractivity contribution in [2.24, 2.45) is 0 Å². The van der Waals surface area contributed by atoms with Gasteiger partial charge in [0.05, 0.1) is 25.9 Å². The molecule has 1 aromatic rings. The summed E-state index contributed by atoms with van der Waals surface area (Å²) in [5.41, 5.74) is 1.41. The smallest absolute Gasteiger partial charge is 0.119 e. The molecule has 0 bridgehead atoms. The van der Waals surface area contributed by atoms with Crippen LogP contribution in [0, 0.1) is 0 Å². The molecular weight excluding hydrogens is 312 g/mol. The summed E-state index contributed by atoms with van der Waals surface area (Å²) < 4.78 is 16.6. The van der Waals surface area contributed by atoms with Gasteiger partial charge in [-0.25, -0.2) is 0 Å². The van der Waals surface area contributed by atoms with Crippen LogP contribution in [0.25, 0.3) is 0 Å². The van der Waals surface area contributed by atoms with E-state index in [-0.39, 0.29) is 6.10 Å². The molecule has 3 nitrogen and oxygen atoms in total. The topological polar surface area (TPSA) is 27.7 Å². The molecule has 3 heteroatoms. The van der Waals surface area contributed by atoms with Gasteiger partial charge in [-0.1, -0.05) is 57.6 Å². The highest BCUT2D eigenvalue weighted by molar-refractivity contribution is 5.27. The van der Waals surface area contributed by atoms with Crippen molar-refractivity contribution in [2.45, 2.75) is 78.2 Å². The second kappa shape index (κ2) is 15.2. The molecule has 0 heterocycles. The SMILES string of the molecule is CCCCCCCCCc1ccc(OCCOCCOC(C)C)cc1. The summed E-state index contributed by atoms with van der Waals surface area (Å²) in [6.07, 6.45) is 11.0. The van der Waals surface area contributed by atoms with Gasteiger partial charge in [-0.2, -0.15) is 0 Å². The first-order valence-electron chi connectivity index (χ1n) is 10.1. The molecule has 1 aromatic carbocycles. The summed E-state index contributed by atoms with van der Waals surface area (Å²) in [7, 11) is 0. The fourth-order valence-corrected chi connectivity index (χ4v) is 2.70. The van der Waals surface area contributed by atoms with Crippen LogP contribution < -0.4 is 4.74 Å². The summed E-state index contributed by atoms with van der Waals surface area (Å²) in [4.78, 5) is 0. The fraction of sp³-hybridized carbons (Fsp3) is 0.727. The van der Waals surface area contributed by atoms with E-state index in [1.54, 1.807) is 0 Å². The lowest BCUT2D eigenvalue weighted by Crippen LogP contribution is -2.13. The van der Waals surface area contributed by atoms with Gasteiger partial charge < -0.3 is 14.2 Å². The maximum Gasteiger partial charge on any atom is 0.119 e. The zero-order chi connectivity index (χ0) is 18.2. The van der Waals surface area contributed by atoms with Crippen LogP contribution in [-0.2, 0) is 15.9 Å². The summed E-state index contributed by atoms with van der Waals surface area (Å²) >= 11 is 0. The Balaban J connectivity index is 2.01. The van der Waals surface area contributed by atoms with E-state index in [9.17, 15) is 0 Å². The van der Waals surface area contributed by atoms with Gasteiger partial charge in [0.1, 0.15) is 12.4 Å². The lowest BCUT2D eigenvalue weighted by atomic mass is 10.0. The Morgan fingerprint density at radius 3 is 2.08 bits per heavy atom. The summed E-state index contributed by atoms with van der Waals surface area (Å²) in [5, 5.41) is 0. The number of hydrogen-bond donors (Lipinski definition) is 0. The van der Waals surface area contributed by atoms with Gasteiger partial charge in [-0.3, -0.25) is 0 Å². The second-order valence-corrected chi connectivity index (χ2v) is 6.90. The Hall–Kier alpha value is -1.06. The van der Waals surface area contributed by atoms with Crippen LogP contribution in [0.2, 0.25) is 0 Å². The number of aryl methyl sites for hydroxylation is 1. The second-order valence-electron chi connectivity index (χ2n) is 6.90. The van der Waals surface area contributed by atoms with Crippen molar-refractivity contribution in [1.82, 2.24) is 0 Å². The highest BCUT2D eigenvalue weighted by atomic mass is 16.5. The monoisotopic (exact) mass is 350 g/mol. The van der Waals surface area contributed by atoms with Crippen molar-refractivity contribution >= 4 is 0 Å². The lowest BCUT2D eigenvalue weighted by Gasteiger charge is -2.09. The van der Waals surface area contributed by atoms with Crippen molar-refractivity contribution in [3.05, 3.63) is 29.8 Å². The van der Waals surface area contributed by atoms with Crippen LogP contribution in [0.1, 0.15) is 71.3 Å². The van der Waals surface area contributed by atoms with E-state index < -0.39 is 0 Å². The molecule has 0 aliphatic rings. The molecule has 0 aliphatic heterocycles. The van der Waals surface area contributed by atoms with Crippen LogP contribution in [0.15, 0.2) is 24.3 Å². The first kappa shape index (κ1) is 22.0. The molecule has 0 fully saturated rings. The molecule has 144 valence electrons. The quantitative estimate of drug-likeness (QED) is 0.353. The minimum Gasteiger partial charge on any atom is -0.491 e. The van der Waals surface area contributed by atoms with E-state index in [2.05, 4.69) is 31.2 Å². The standard InChI is InChI=1S/C22H38O3/c1-4-5-6-7-8-9-10-11-21-12-14-22(15-13-21)25-19-17-23-16-18-24-20(2)3/h12-15,20H,4-11,16-19H2,1-3H3. The van der Waals surface area contributed by atoms with Crippen molar-refractivity contribution < 1.29 is 14.2 Å². The van der Waals surface area contributed by atoms with E-state index >= 15 is 0 Å². The number of unbranched alkanes of at least 4 members (excludes halogenated alkanes) is 6. The molecule has 0 amide bonds. The van der Waals surface area contributed by atoms with Crippen molar-refractivity contribution in [1.29, 1.82) is 0 Å². The highest BCUT2D eigenvalue weighted by Crippen LogP contribution is 2.15. The lowest BCUT2D eigenvalue weighted by molar-refractivity contribution is 0.0124. The maximum atomic E-state index is 5.70. The van der Waals surface area contributed by atoms with Gasteiger partial charge in [0.25, 0.3) is 0 Å². The summed E-state index contributed by atoms with van der Waals surface area (Å²) in [6, 6.07) is 8.50. The largest absolute Gasteiger partial charge is 0.491 e. The van der Waals surface area contributed by atoms with Crippen LogP contribution >= 0.6 is 0 Å². The average molecular weight is 351 g/mol. The van der Waals surface area contributed by atoms with Crippen LogP contribution in [0.5, 0.6) is 5.75 Å². The van der Waals surface area contributed by atoms with Gasteiger partial charge in [-0.15, -0.1) is 0 Å². The van der Waals surface area contributed by atoms with E-state index in [4.69, 9.17) is 14.2 Å². The third kappa shape index (κ3) is 12.9. The molecule has 0 saturated carbocycles. The first-order chi connectivity index (χ1) is 12.2. The van der Waals surface area contributed by atoms with E-state index in [1.807, 2.05) is 13.8 Å². The molecule has 1 rings (SSSR count). The Bertz CT molecular complexity index is 400. The Morgan fingerprint density at radius 2 is 1.40 bits per heavy atom. The Morgan fingerprint density at radius 1 is 0.760 bits per heavy atom. The third-order valence-electron chi connectivity index (χ3n) is 4.17. The minimum absolute atomic E-state index is 0.263. The first-order valence-corrected chi connectivity index (χ1v) is 10.1. The van der Waals surface area contributed by atoms with Crippen LogP contribution in [0.3, 0.4) is 0 Å². The van der Waals surface area contributed by atoms with Crippen LogP contribution in [-0.4, -0.2) is 32.5 Å². The van der Waals surface area contributed by atoms with E-state index in [0.717, 1.165) is 5.75 Å². The molecule has 0 N–H and O–H groups in total. The molecule has 0 atom stereocenters. The predicted molar refractivity (Wildman–Crippen MR) is 106 cm³/mol. The molecule has 0 radical (unpaired) electrons. The molecule has 0 unspecified atom stereocenters. The minimum atomic E-state index is 0.263. The molecule has 0 aromatic heterocycles. The number of rotatable bonds is 16. The number of hydrogen-bond acceptors (Lipinski definition) is 3. The fourth-order valence-electron chi connectivity index (χ4n) is 2.70. The number of benzene rings is 1. The van der Waals surface area contributed by atoms with Gasteiger partial charge in [-0.05, 0) is 44.4 Å². The van der Waals surface area contributed by atoms with Gasteiger partial charge >= 0.3 is 0 Å². The molecule has 25 heavy (non-hydrogen) atoms. The van der Waals surface area contributed by atoms with E-state index in [1.165, 1.54) is 56.9 Å². The molecule has 0 saturated heterocycles. The summed E-state index contributed by atoms with van der Waals surface area (Å²) in [5.74, 6) is 0.922. The molecular formula is C22H38O3. The van der Waals surface area contributed by atoms with Gasteiger partial charge in [0.2, 0.25) is 0 Å².